The minimum Gasteiger partial charge on any atom is -0.271 e. The summed E-state index contributed by atoms with van der Waals surface area (Å²) in [6.45, 7) is 3.71. The summed E-state index contributed by atoms with van der Waals surface area (Å²) < 4.78 is 0. The lowest BCUT2D eigenvalue weighted by molar-refractivity contribution is -0.126. The van der Waals surface area contributed by atoms with E-state index in [-0.39, 0.29) is 5.92 Å². The van der Waals surface area contributed by atoms with Crippen LogP contribution in [0.5, 0.6) is 0 Å². The van der Waals surface area contributed by atoms with Gasteiger partial charge >= 0.3 is 0 Å². The van der Waals surface area contributed by atoms with Gasteiger partial charge in [0.1, 0.15) is 6.04 Å². The molecule has 3 rings (SSSR count). The van der Waals surface area contributed by atoms with E-state index in [1.807, 2.05) is 13.8 Å². The number of carbonyl (C=O) groups is 3. The van der Waals surface area contributed by atoms with Gasteiger partial charge in [-0.3, -0.25) is 19.3 Å². The zero-order chi connectivity index (χ0) is 21.1. The maximum atomic E-state index is 12.9. The number of hydrogen-bond donors (Lipinski definition) is 1. The van der Waals surface area contributed by atoms with Crippen LogP contribution in [0.25, 0.3) is 0 Å². The van der Waals surface area contributed by atoms with Gasteiger partial charge < -0.3 is 0 Å². The molecule has 3 amide bonds. The van der Waals surface area contributed by atoms with E-state index in [1.165, 1.54) is 6.21 Å². The highest BCUT2D eigenvalue weighted by Crippen LogP contribution is 2.28. The van der Waals surface area contributed by atoms with Crippen LogP contribution in [0.2, 0.25) is 10.0 Å². The van der Waals surface area contributed by atoms with Crippen LogP contribution in [0, 0.1) is 5.92 Å². The third kappa shape index (κ3) is 4.18. The zero-order valence-electron chi connectivity index (χ0n) is 15.9. The second-order valence-electron chi connectivity index (χ2n) is 6.76. The van der Waals surface area contributed by atoms with E-state index in [0.29, 0.717) is 33.2 Å². The van der Waals surface area contributed by atoms with E-state index in [4.69, 9.17) is 23.2 Å². The first-order chi connectivity index (χ1) is 13.8. The van der Waals surface area contributed by atoms with Crippen molar-refractivity contribution in [2.24, 2.45) is 11.0 Å². The fourth-order valence-electron chi connectivity index (χ4n) is 3.14. The van der Waals surface area contributed by atoms with Gasteiger partial charge in [-0.05, 0) is 35.7 Å². The average Bonchev–Trinajstić information content (AvgIpc) is 2.96. The molecule has 0 bridgehead atoms. The number of benzene rings is 2. The van der Waals surface area contributed by atoms with E-state index < -0.39 is 23.8 Å². The normalized spacial score (nSPS) is 15.5. The van der Waals surface area contributed by atoms with Crippen LogP contribution in [0.1, 0.15) is 46.5 Å². The predicted molar refractivity (Wildman–Crippen MR) is 112 cm³/mol. The maximum absolute atomic E-state index is 12.9. The molecule has 0 saturated heterocycles. The third-order valence-electron chi connectivity index (χ3n) is 4.89. The van der Waals surface area contributed by atoms with Crippen LogP contribution in [0.4, 0.5) is 0 Å². The minimum atomic E-state index is -0.974. The number of nitrogens with zero attached hydrogens (tertiary/aromatic N) is 2. The number of nitrogens with one attached hydrogen (secondary N) is 1. The van der Waals surface area contributed by atoms with Gasteiger partial charge in [0.2, 0.25) is 0 Å². The van der Waals surface area contributed by atoms with Gasteiger partial charge in [0.05, 0.1) is 27.4 Å². The summed E-state index contributed by atoms with van der Waals surface area (Å²) in [5, 5.41) is 4.72. The first kappa shape index (κ1) is 21.0. The van der Waals surface area contributed by atoms with Crippen molar-refractivity contribution >= 4 is 47.1 Å². The number of fused-ring (bicyclic) bond motifs is 1. The van der Waals surface area contributed by atoms with Crippen molar-refractivity contribution in [1.29, 1.82) is 0 Å². The summed E-state index contributed by atoms with van der Waals surface area (Å²) in [6, 6.07) is 10.5. The molecule has 2 aromatic rings. The Labute approximate surface area is 178 Å². The maximum Gasteiger partial charge on any atom is 0.263 e. The van der Waals surface area contributed by atoms with Gasteiger partial charge in [-0.2, -0.15) is 5.10 Å². The molecule has 29 heavy (non-hydrogen) atoms. The molecular formula is C21H19Cl2N3O3. The van der Waals surface area contributed by atoms with Gasteiger partial charge in [0, 0.05) is 0 Å². The van der Waals surface area contributed by atoms with Crippen molar-refractivity contribution in [3.63, 3.8) is 0 Å². The van der Waals surface area contributed by atoms with Crippen LogP contribution >= 0.6 is 23.2 Å². The molecule has 0 aromatic heterocycles. The molecule has 1 aliphatic heterocycles. The van der Waals surface area contributed by atoms with Crippen molar-refractivity contribution < 1.29 is 14.4 Å². The Hall–Kier alpha value is -2.70. The topological polar surface area (TPSA) is 78.8 Å². The minimum absolute atomic E-state index is 0.252. The quantitative estimate of drug-likeness (QED) is 0.423. The fraction of sp³-hybridized carbons (Fsp3) is 0.238. The molecule has 150 valence electrons. The lowest BCUT2D eigenvalue weighted by Crippen LogP contribution is -2.51. The van der Waals surface area contributed by atoms with E-state index in [9.17, 15) is 14.4 Å². The molecule has 0 spiro atoms. The number of rotatable bonds is 6. The van der Waals surface area contributed by atoms with Gasteiger partial charge in [0.25, 0.3) is 17.7 Å². The van der Waals surface area contributed by atoms with Crippen molar-refractivity contribution in [3.8, 4) is 0 Å². The van der Waals surface area contributed by atoms with Crippen molar-refractivity contribution in [2.45, 2.75) is 26.3 Å². The second-order valence-corrected chi connectivity index (χ2v) is 7.58. The predicted octanol–water partition coefficient (Wildman–Crippen LogP) is 4.15. The van der Waals surface area contributed by atoms with E-state index in [1.54, 1.807) is 42.5 Å². The molecule has 0 aliphatic carbocycles. The van der Waals surface area contributed by atoms with E-state index in [2.05, 4.69) is 10.5 Å². The molecule has 1 N–H and O–H groups in total. The van der Waals surface area contributed by atoms with Crippen molar-refractivity contribution in [2.75, 3.05) is 0 Å². The zero-order valence-corrected chi connectivity index (χ0v) is 17.4. The van der Waals surface area contributed by atoms with Crippen LogP contribution in [-0.4, -0.2) is 34.9 Å². The number of amides is 3. The molecule has 1 heterocycles. The van der Waals surface area contributed by atoms with E-state index in [0.717, 1.165) is 4.90 Å². The summed E-state index contributed by atoms with van der Waals surface area (Å²) >= 11 is 11.8. The summed E-state index contributed by atoms with van der Waals surface area (Å²) in [7, 11) is 0. The summed E-state index contributed by atoms with van der Waals surface area (Å²) in [4.78, 5) is 39.5. The number of carbonyl (C=O) groups excluding carboxylic acids is 3. The van der Waals surface area contributed by atoms with Crippen LogP contribution < -0.4 is 5.43 Å². The van der Waals surface area contributed by atoms with Crippen molar-refractivity contribution in [1.82, 2.24) is 10.3 Å². The molecule has 2 aromatic carbocycles. The van der Waals surface area contributed by atoms with Crippen LogP contribution in [-0.2, 0) is 4.79 Å². The smallest absolute Gasteiger partial charge is 0.263 e. The molecule has 0 radical (unpaired) electrons. The average molecular weight is 432 g/mol. The van der Waals surface area contributed by atoms with Gasteiger partial charge in [0.15, 0.2) is 0 Å². The Morgan fingerprint density at radius 2 is 1.72 bits per heavy atom. The Morgan fingerprint density at radius 1 is 1.10 bits per heavy atom. The van der Waals surface area contributed by atoms with E-state index >= 15 is 0 Å². The molecule has 2 atom stereocenters. The lowest BCUT2D eigenvalue weighted by Gasteiger charge is -2.28. The fourth-order valence-corrected chi connectivity index (χ4v) is 3.45. The Kier molecular flexibility index (Phi) is 6.35. The Balaban J connectivity index is 1.81. The Morgan fingerprint density at radius 3 is 2.28 bits per heavy atom. The monoisotopic (exact) mass is 431 g/mol. The molecule has 1 unspecified atom stereocenters. The highest BCUT2D eigenvalue weighted by Gasteiger charge is 2.44. The summed E-state index contributed by atoms with van der Waals surface area (Å²) in [5.74, 6) is -1.73. The molecule has 8 heteroatoms. The van der Waals surface area contributed by atoms with Gasteiger partial charge in [-0.15, -0.1) is 0 Å². The number of halogens is 2. The molecule has 6 nitrogen and oxygen atoms in total. The molecular weight excluding hydrogens is 413 g/mol. The molecule has 1 aliphatic rings. The summed E-state index contributed by atoms with van der Waals surface area (Å²) in [6.07, 6.45) is 2.01. The highest BCUT2D eigenvalue weighted by molar-refractivity contribution is 6.42. The van der Waals surface area contributed by atoms with Gasteiger partial charge in [-0.1, -0.05) is 61.7 Å². The molecule has 0 saturated carbocycles. The number of imide groups is 1. The van der Waals surface area contributed by atoms with Gasteiger partial charge in [-0.25, -0.2) is 5.43 Å². The Bertz CT molecular complexity index is 971. The lowest BCUT2D eigenvalue weighted by atomic mass is 9.97. The second kappa shape index (κ2) is 8.76. The highest BCUT2D eigenvalue weighted by atomic mass is 35.5. The summed E-state index contributed by atoms with van der Waals surface area (Å²) in [5.41, 5.74) is 3.68. The standard InChI is InChI=1S/C21H19Cl2N3O3/c1-3-12(2)18(26-20(28)14-6-4-5-7-15(14)21(26)29)19(27)25-24-11-13-8-9-16(22)17(23)10-13/h4-12,18H,3H2,1-2H3,(H,25,27)/b24-11+/t12?,18-/m0/s1. The molecule has 0 fully saturated rings. The van der Waals surface area contributed by atoms with Crippen LogP contribution in [0.15, 0.2) is 47.6 Å². The third-order valence-corrected chi connectivity index (χ3v) is 5.63. The SMILES string of the molecule is CCC(C)[C@@H](C(=O)N/N=C/c1ccc(Cl)c(Cl)c1)N1C(=O)c2ccccc2C1=O. The number of hydrazone groups is 1. The van der Waals surface area contributed by atoms with Crippen LogP contribution in [0.3, 0.4) is 0 Å². The largest absolute Gasteiger partial charge is 0.271 e. The van der Waals surface area contributed by atoms with Crippen molar-refractivity contribution in [3.05, 3.63) is 69.2 Å². The first-order valence-corrected chi connectivity index (χ1v) is 9.85. The number of hydrogen-bond acceptors (Lipinski definition) is 4. The first-order valence-electron chi connectivity index (χ1n) is 9.10.